The second kappa shape index (κ2) is 6.77. The molecule has 0 saturated heterocycles. The summed E-state index contributed by atoms with van der Waals surface area (Å²) in [5.74, 6) is 0. The summed E-state index contributed by atoms with van der Waals surface area (Å²) < 4.78 is 27.1. The van der Waals surface area contributed by atoms with Crippen LogP contribution in [-0.2, 0) is 14.8 Å². The monoisotopic (exact) mass is 335 g/mol. The largest absolute Gasteiger partial charge is 0.280 e. The summed E-state index contributed by atoms with van der Waals surface area (Å²) in [5.41, 5.74) is 2.06. The Labute approximate surface area is 134 Å². The average molecular weight is 336 g/mol. The zero-order valence-corrected chi connectivity index (χ0v) is 13.4. The predicted octanol–water partition coefficient (Wildman–Crippen LogP) is 3.57. The maximum Gasteiger partial charge on any atom is 0.261 e. The molecule has 0 aliphatic carbocycles. The van der Waals surface area contributed by atoms with Crippen LogP contribution < -0.4 is 4.72 Å². The predicted molar refractivity (Wildman–Crippen MR) is 88.3 cm³/mol. The molecule has 0 heterocycles. The number of hydrogen-bond donors (Lipinski definition) is 1. The van der Waals surface area contributed by atoms with E-state index < -0.39 is 15.3 Å². The first-order valence-corrected chi connectivity index (χ1v) is 8.30. The van der Waals surface area contributed by atoms with Crippen LogP contribution >= 0.6 is 11.6 Å². The molecule has 0 bridgehead atoms. The zero-order chi connectivity index (χ0) is 16.2. The number of anilines is 1. The van der Waals surface area contributed by atoms with Gasteiger partial charge in [0.25, 0.3) is 10.0 Å². The Morgan fingerprint density at radius 2 is 1.82 bits per heavy atom. The number of halogens is 1. The molecule has 2 aromatic rings. The summed E-state index contributed by atoms with van der Waals surface area (Å²) in [6, 6.07) is 13.2. The Morgan fingerprint density at radius 1 is 1.14 bits per heavy atom. The molecule has 6 heteroatoms. The number of carbonyl (C=O) groups excluding carboxylic acids is 1. The van der Waals surface area contributed by atoms with Gasteiger partial charge in [0.05, 0.1) is 4.90 Å². The molecule has 4 nitrogen and oxygen atoms in total. The van der Waals surface area contributed by atoms with Gasteiger partial charge in [-0.3, -0.25) is 9.52 Å². The summed E-state index contributed by atoms with van der Waals surface area (Å²) in [6.07, 6.45) is 2.72. The summed E-state index contributed by atoms with van der Waals surface area (Å²) in [7, 11) is -3.65. The molecule has 22 heavy (non-hydrogen) atoms. The Kier molecular flexibility index (Phi) is 5.00. The van der Waals surface area contributed by atoms with E-state index >= 15 is 0 Å². The molecule has 2 rings (SSSR count). The third-order valence-corrected chi connectivity index (χ3v) is 4.40. The highest BCUT2D eigenvalue weighted by atomic mass is 35.5. The number of allylic oxidation sites excluding steroid dienone is 1. The number of sulfonamides is 1. The molecule has 0 amide bonds. The molecule has 0 unspecified atom stereocenters. The van der Waals surface area contributed by atoms with E-state index in [1.165, 1.54) is 12.2 Å². The summed E-state index contributed by atoms with van der Waals surface area (Å²) >= 11 is 5.23. The maximum atomic E-state index is 12.3. The molecular weight excluding hydrogens is 322 g/mol. The highest BCUT2D eigenvalue weighted by Gasteiger charge is 2.13. The van der Waals surface area contributed by atoms with Gasteiger partial charge in [-0.15, -0.1) is 0 Å². The normalized spacial score (nSPS) is 11.5. The summed E-state index contributed by atoms with van der Waals surface area (Å²) in [6.45, 7) is 1.89. The molecule has 0 saturated carbocycles. The van der Waals surface area contributed by atoms with E-state index in [1.54, 1.807) is 48.5 Å². The van der Waals surface area contributed by atoms with E-state index in [1.807, 2.05) is 6.92 Å². The van der Waals surface area contributed by atoms with Crippen molar-refractivity contribution >= 4 is 38.6 Å². The SMILES string of the molecule is Cc1ccc(S(=O)(=O)Nc2cccc(/C=C/C(=O)Cl)c2)cc1. The van der Waals surface area contributed by atoms with Crippen molar-refractivity contribution in [2.24, 2.45) is 0 Å². The minimum absolute atomic E-state index is 0.190. The fourth-order valence-corrected chi connectivity index (χ4v) is 2.91. The first-order valence-electron chi connectivity index (χ1n) is 6.44. The van der Waals surface area contributed by atoms with E-state index in [2.05, 4.69) is 4.72 Å². The van der Waals surface area contributed by atoms with Gasteiger partial charge < -0.3 is 0 Å². The number of rotatable bonds is 5. The van der Waals surface area contributed by atoms with Crippen molar-refractivity contribution in [1.29, 1.82) is 0 Å². The van der Waals surface area contributed by atoms with Gasteiger partial charge in [0.2, 0.25) is 5.24 Å². The van der Waals surface area contributed by atoms with Gasteiger partial charge >= 0.3 is 0 Å². The fraction of sp³-hybridized carbons (Fsp3) is 0.0625. The lowest BCUT2D eigenvalue weighted by Crippen LogP contribution is -2.12. The van der Waals surface area contributed by atoms with Crippen molar-refractivity contribution in [2.45, 2.75) is 11.8 Å². The van der Waals surface area contributed by atoms with E-state index in [-0.39, 0.29) is 4.90 Å². The molecule has 0 spiro atoms. The molecule has 2 aromatic carbocycles. The first-order chi connectivity index (χ1) is 10.4. The third-order valence-electron chi connectivity index (χ3n) is 2.88. The molecule has 0 atom stereocenters. The van der Waals surface area contributed by atoms with Crippen LogP contribution in [0.1, 0.15) is 11.1 Å². The molecule has 0 aliphatic rings. The third kappa shape index (κ3) is 4.44. The average Bonchev–Trinajstić information content (AvgIpc) is 2.45. The standard InChI is InChI=1S/C16H14ClNO3S/c1-12-5-8-15(9-6-12)22(20,21)18-14-4-2-3-13(11-14)7-10-16(17)19/h2-11,18H,1H3/b10-7+. The molecular formula is C16H14ClNO3S. The minimum Gasteiger partial charge on any atom is -0.280 e. The van der Waals surface area contributed by atoms with Crippen LogP contribution in [0.5, 0.6) is 0 Å². The van der Waals surface area contributed by atoms with E-state index in [4.69, 9.17) is 11.6 Å². The molecule has 0 aliphatic heterocycles. The lowest BCUT2D eigenvalue weighted by atomic mass is 10.2. The Morgan fingerprint density at radius 3 is 2.45 bits per heavy atom. The van der Waals surface area contributed by atoms with Crippen molar-refractivity contribution in [3.63, 3.8) is 0 Å². The highest BCUT2D eigenvalue weighted by Crippen LogP contribution is 2.18. The van der Waals surface area contributed by atoms with Crippen molar-refractivity contribution in [3.8, 4) is 0 Å². The molecule has 1 N–H and O–H groups in total. The topological polar surface area (TPSA) is 63.2 Å². The zero-order valence-electron chi connectivity index (χ0n) is 11.8. The Balaban J connectivity index is 2.24. The van der Waals surface area contributed by atoms with E-state index in [0.29, 0.717) is 11.3 Å². The van der Waals surface area contributed by atoms with E-state index in [9.17, 15) is 13.2 Å². The van der Waals surface area contributed by atoms with Crippen molar-refractivity contribution in [2.75, 3.05) is 4.72 Å². The lowest BCUT2D eigenvalue weighted by Gasteiger charge is -2.09. The van der Waals surface area contributed by atoms with Crippen LogP contribution in [-0.4, -0.2) is 13.7 Å². The fourth-order valence-electron chi connectivity index (χ4n) is 1.80. The Hall–Kier alpha value is -2.11. The first kappa shape index (κ1) is 16.3. The van der Waals surface area contributed by atoms with Gasteiger partial charge in [0.1, 0.15) is 0 Å². The number of carbonyl (C=O) groups is 1. The number of hydrogen-bond acceptors (Lipinski definition) is 3. The lowest BCUT2D eigenvalue weighted by molar-refractivity contribution is -0.107. The number of aryl methyl sites for hydroxylation is 1. The van der Waals surface area contributed by atoms with Crippen LogP contribution in [0.15, 0.2) is 59.5 Å². The summed E-state index contributed by atoms with van der Waals surface area (Å²) in [4.78, 5) is 10.9. The quantitative estimate of drug-likeness (QED) is 0.671. The minimum atomic E-state index is -3.65. The highest BCUT2D eigenvalue weighted by molar-refractivity contribution is 7.92. The van der Waals surface area contributed by atoms with Gasteiger partial charge in [0, 0.05) is 5.69 Å². The van der Waals surface area contributed by atoms with Gasteiger partial charge in [-0.25, -0.2) is 8.42 Å². The van der Waals surface area contributed by atoms with Crippen molar-refractivity contribution < 1.29 is 13.2 Å². The van der Waals surface area contributed by atoms with Gasteiger partial charge in [-0.2, -0.15) is 0 Å². The van der Waals surface area contributed by atoms with E-state index in [0.717, 1.165) is 5.56 Å². The van der Waals surface area contributed by atoms with Crippen molar-refractivity contribution in [3.05, 3.63) is 65.7 Å². The molecule has 114 valence electrons. The number of benzene rings is 2. The molecule has 0 aromatic heterocycles. The van der Waals surface area contributed by atoms with Gasteiger partial charge in [-0.1, -0.05) is 35.9 Å². The van der Waals surface area contributed by atoms with Gasteiger partial charge in [-0.05, 0) is 54.4 Å². The summed E-state index contributed by atoms with van der Waals surface area (Å²) in [5, 5.41) is -0.592. The van der Waals surface area contributed by atoms with Gasteiger partial charge in [0.15, 0.2) is 0 Å². The van der Waals surface area contributed by atoms with Crippen LogP contribution in [0.2, 0.25) is 0 Å². The van der Waals surface area contributed by atoms with Crippen LogP contribution in [0.25, 0.3) is 6.08 Å². The smallest absolute Gasteiger partial charge is 0.261 e. The maximum absolute atomic E-state index is 12.3. The van der Waals surface area contributed by atoms with Crippen LogP contribution in [0.4, 0.5) is 5.69 Å². The van der Waals surface area contributed by atoms with Crippen molar-refractivity contribution in [1.82, 2.24) is 0 Å². The second-order valence-electron chi connectivity index (χ2n) is 4.68. The molecule has 0 radical (unpaired) electrons. The van der Waals surface area contributed by atoms with Crippen LogP contribution in [0, 0.1) is 6.92 Å². The molecule has 0 fully saturated rings. The van der Waals surface area contributed by atoms with Crippen LogP contribution in [0.3, 0.4) is 0 Å². The second-order valence-corrected chi connectivity index (χ2v) is 6.74. The Bertz CT molecular complexity index is 812. The number of nitrogens with one attached hydrogen (secondary N) is 1.